The molecule has 0 saturated carbocycles. The molecule has 0 aliphatic rings. The highest BCUT2D eigenvalue weighted by Gasteiger charge is 2.39. The number of carbonyl (C=O) groups is 1. The molecule has 0 saturated heterocycles. The van der Waals surface area contributed by atoms with E-state index in [9.17, 15) is 23.1 Å². The standard InChI is InChI=1S/C15H15F3N2O3/c1-2-23-14(22)11-8-20(19-13(11)15(16,17)18)9-12(21)10-6-4-3-5-7-10/h3-8,12,21H,2,9H2,1H3. The minimum atomic E-state index is -4.79. The second-order valence-corrected chi connectivity index (χ2v) is 4.76. The van der Waals surface area contributed by atoms with E-state index in [0.717, 1.165) is 10.9 Å². The highest BCUT2D eigenvalue weighted by Crippen LogP contribution is 2.31. The molecule has 1 N–H and O–H groups in total. The van der Waals surface area contributed by atoms with Crippen molar-refractivity contribution in [2.45, 2.75) is 25.7 Å². The van der Waals surface area contributed by atoms with Crippen LogP contribution in [-0.2, 0) is 17.5 Å². The monoisotopic (exact) mass is 328 g/mol. The van der Waals surface area contributed by atoms with Crippen LogP contribution in [0.25, 0.3) is 0 Å². The lowest BCUT2D eigenvalue weighted by molar-refractivity contribution is -0.142. The third-order valence-electron chi connectivity index (χ3n) is 3.07. The van der Waals surface area contributed by atoms with Crippen LogP contribution in [0.15, 0.2) is 36.5 Å². The molecule has 0 spiro atoms. The van der Waals surface area contributed by atoms with E-state index >= 15 is 0 Å². The third-order valence-corrected chi connectivity index (χ3v) is 3.07. The molecule has 1 heterocycles. The fraction of sp³-hybridized carbons (Fsp3) is 0.333. The molecule has 1 aromatic heterocycles. The first-order valence-electron chi connectivity index (χ1n) is 6.87. The van der Waals surface area contributed by atoms with Gasteiger partial charge in [0.2, 0.25) is 0 Å². The van der Waals surface area contributed by atoms with Crippen LogP contribution in [0.5, 0.6) is 0 Å². The number of ether oxygens (including phenoxy) is 1. The Bertz CT molecular complexity index is 668. The number of alkyl halides is 3. The predicted molar refractivity (Wildman–Crippen MR) is 74.6 cm³/mol. The SMILES string of the molecule is CCOC(=O)c1cn(CC(O)c2ccccc2)nc1C(F)(F)F. The molecule has 5 nitrogen and oxygen atoms in total. The van der Waals surface area contributed by atoms with Crippen molar-refractivity contribution in [2.24, 2.45) is 0 Å². The molecular weight excluding hydrogens is 313 g/mol. The van der Waals surface area contributed by atoms with Gasteiger partial charge in [0.05, 0.1) is 19.3 Å². The van der Waals surface area contributed by atoms with Crippen molar-refractivity contribution in [1.82, 2.24) is 9.78 Å². The lowest BCUT2D eigenvalue weighted by atomic mass is 10.1. The summed E-state index contributed by atoms with van der Waals surface area (Å²) in [5.41, 5.74) is -1.45. The maximum Gasteiger partial charge on any atom is 0.436 e. The van der Waals surface area contributed by atoms with Gasteiger partial charge >= 0.3 is 12.1 Å². The molecular formula is C15H15F3N2O3. The molecule has 1 atom stereocenters. The van der Waals surface area contributed by atoms with E-state index in [0.29, 0.717) is 5.56 Å². The zero-order valence-electron chi connectivity index (χ0n) is 12.2. The van der Waals surface area contributed by atoms with Crippen LogP contribution in [0.3, 0.4) is 0 Å². The lowest BCUT2D eigenvalue weighted by Gasteiger charge is -2.10. The Morgan fingerprint density at radius 1 is 1.35 bits per heavy atom. The Labute approximate surface area is 130 Å². The lowest BCUT2D eigenvalue weighted by Crippen LogP contribution is -2.14. The second kappa shape index (κ2) is 6.82. The first kappa shape index (κ1) is 17.0. The molecule has 0 radical (unpaired) electrons. The van der Waals surface area contributed by atoms with Crippen molar-refractivity contribution < 1.29 is 27.8 Å². The van der Waals surface area contributed by atoms with Crippen LogP contribution in [0.2, 0.25) is 0 Å². The maximum absolute atomic E-state index is 13.0. The summed E-state index contributed by atoms with van der Waals surface area (Å²) in [7, 11) is 0. The Balaban J connectivity index is 2.28. The van der Waals surface area contributed by atoms with Crippen LogP contribution >= 0.6 is 0 Å². The third kappa shape index (κ3) is 4.10. The first-order valence-corrected chi connectivity index (χ1v) is 6.87. The van der Waals surface area contributed by atoms with Gasteiger partial charge in [-0.3, -0.25) is 4.68 Å². The van der Waals surface area contributed by atoms with Crippen LogP contribution in [0, 0.1) is 0 Å². The van der Waals surface area contributed by atoms with E-state index in [1.165, 1.54) is 6.92 Å². The maximum atomic E-state index is 13.0. The molecule has 0 fully saturated rings. The Kier molecular flexibility index (Phi) is 5.05. The molecule has 23 heavy (non-hydrogen) atoms. The van der Waals surface area contributed by atoms with Gasteiger partial charge in [-0.2, -0.15) is 18.3 Å². The Morgan fingerprint density at radius 2 is 2.00 bits per heavy atom. The first-order chi connectivity index (χ1) is 10.8. The van der Waals surface area contributed by atoms with Crippen molar-refractivity contribution in [3.05, 3.63) is 53.3 Å². The molecule has 1 aromatic carbocycles. The van der Waals surface area contributed by atoms with E-state index in [2.05, 4.69) is 9.84 Å². The summed E-state index contributed by atoms with van der Waals surface area (Å²) in [6, 6.07) is 8.45. The van der Waals surface area contributed by atoms with Crippen molar-refractivity contribution >= 4 is 5.97 Å². The predicted octanol–water partition coefficient (Wildman–Crippen LogP) is 2.81. The van der Waals surface area contributed by atoms with Gasteiger partial charge in [-0.15, -0.1) is 0 Å². The molecule has 8 heteroatoms. The normalized spacial score (nSPS) is 12.9. The minimum Gasteiger partial charge on any atom is -0.462 e. The zero-order valence-corrected chi connectivity index (χ0v) is 12.2. The van der Waals surface area contributed by atoms with Crippen molar-refractivity contribution in [3.63, 3.8) is 0 Å². The van der Waals surface area contributed by atoms with Crippen LogP contribution in [0.4, 0.5) is 13.2 Å². The van der Waals surface area contributed by atoms with Crippen molar-refractivity contribution in [3.8, 4) is 0 Å². The van der Waals surface area contributed by atoms with Gasteiger partial charge in [0.15, 0.2) is 5.69 Å². The average molecular weight is 328 g/mol. The van der Waals surface area contributed by atoms with Crippen LogP contribution in [-0.4, -0.2) is 27.5 Å². The number of rotatable bonds is 5. The van der Waals surface area contributed by atoms with Crippen LogP contribution < -0.4 is 0 Å². The van der Waals surface area contributed by atoms with Crippen molar-refractivity contribution in [1.29, 1.82) is 0 Å². The van der Waals surface area contributed by atoms with E-state index in [1.807, 2.05) is 0 Å². The topological polar surface area (TPSA) is 64.3 Å². The van der Waals surface area contributed by atoms with Crippen LogP contribution in [0.1, 0.15) is 34.6 Å². The number of aromatic nitrogens is 2. The molecule has 1 unspecified atom stereocenters. The highest BCUT2D eigenvalue weighted by molar-refractivity contribution is 5.90. The summed E-state index contributed by atoms with van der Waals surface area (Å²) in [6.07, 6.45) is -4.90. The van der Waals surface area contributed by atoms with E-state index < -0.39 is 29.5 Å². The number of carbonyl (C=O) groups excluding carboxylic acids is 1. The van der Waals surface area contributed by atoms with E-state index in [1.54, 1.807) is 30.3 Å². The number of nitrogens with zero attached hydrogens (tertiary/aromatic N) is 2. The number of hydrogen-bond acceptors (Lipinski definition) is 4. The van der Waals surface area contributed by atoms with Gasteiger partial charge in [0.1, 0.15) is 5.56 Å². The summed E-state index contributed by atoms with van der Waals surface area (Å²) < 4.78 is 44.4. The molecule has 2 aromatic rings. The molecule has 0 amide bonds. The van der Waals surface area contributed by atoms with Gasteiger partial charge in [-0.25, -0.2) is 4.79 Å². The number of esters is 1. The Morgan fingerprint density at radius 3 is 2.57 bits per heavy atom. The molecule has 124 valence electrons. The largest absolute Gasteiger partial charge is 0.462 e. The number of benzene rings is 1. The fourth-order valence-electron chi connectivity index (χ4n) is 2.04. The molecule has 0 aliphatic heterocycles. The number of aliphatic hydroxyl groups is 1. The van der Waals surface area contributed by atoms with E-state index in [-0.39, 0.29) is 13.2 Å². The van der Waals surface area contributed by atoms with E-state index in [4.69, 9.17) is 0 Å². The summed E-state index contributed by atoms with van der Waals surface area (Å²) >= 11 is 0. The fourth-order valence-corrected chi connectivity index (χ4v) is 2.04. The minimum absolute atomic E-state index is 0.0477. The Hall–Kier alpha value is -2.35. The summed E-state index contributed by atoms with van der Waals surface area (Å²) in [6.45, 7) is 1.23. The molecule has 2 rings (SSSR count). The summed E-state index contributed by atoms with van der Waals surface area (Å²) in [5, 5.41) is 13.4. The summed E-state index contributed by atoms with van der Waals surface area (Å²) in [4.78, 5) is 11.6. The van der Waals surface area contributed by atoms with Crippen molar-refractivity contribution in [2.75, 3.05) is 6.61 Å². The molecule has 0 aliphatic carbocycles. The quantitative estimate of drug-likeness (QED) is 0.857. The zero-order chi connectivity index (χ0) is 17.0. The van der Waals surface area contributed by atoms with Gasteiger partial charge in [0, 0.05) is 6.20 Å². The molecule has 0 bridgehead atoms. The number of aliphatic hydroxyl groups excluding tert-OH is 1. The van der Waals surface area contributed by atoms with Gasteiger partial charge in [0.25, 0.3) is 0 Å². The smallest absolute Gasteiger partial charge is 0.436 e. The van der Waals surface area contributed by atoms with Gasteiger partial charge in [-0.05, 0) is 12.5 Å². The number of halogens is 3. The average Bonchev–Trinajstić information content (AvgIpc) is 2.92. The second-order valence-electron chi connectivity index (χ2n) is 4.76. The summed E-state index contributed by atoms with van der Waals surface area (Å²) in [5.74, 6) is -1.10. The van der Waals surface area contributed by atoms with Gasteiger partial charge in [-0.1, -0.05) is 30.3 Å². The number of hydrogen-bond donors (Lipinski definition) is 1. The highest BCUT2D eigenvalue weighted by atomic mass is 19.4. The van der Waals surface area contributed by atoms with Gasteiger partial charge < -0.3 is 9.84 Å².